The van der Waals surface area contributed by atoms with Crippen molar-refractivity contribution in [2.45, 2.75) is 101 Å². The van der Waals surface area contributed by atoms with E-state index in [9.17, 15) is 10.2 Å². The van der Waals surface area contributed by atoms with Crippen molar-refractivity contribution < 1.29 is 10.2 Å². The maximum absolute atomic E-state index is 10.1. The molecule has 0 saturated carbocycles. The van der Waals surface area contributed by atoms with Crippen LogP contribution in [0.3, 0.4) is 0 Å². The van der Waals surface area contributed by atoms with E-state index in [4.69, 9.17) is 0 Å². The Morgan fingerprint density at radius 3 is 1.74 bits per heavy atom. The third-order valence-corrected chi connectivity index (χ3v) is 8.33. The molecule has 2 rings (SSSR count). The number of aliphatic hydroxyl groups excluding tert-OH is 2. The largest absolute Gasteiger partial charge is 0.393 e. The molecule has 0 fully saturated rings. The number of hydrogen-bond acceptors (Lipinski definition) is 2. The molecule has 3 atom stereocenters. The molecule has 2 heteroatoms. The minimum Gasteiger partial charge on any atom is -0.393 e. The van der Waals surface area contributed by atoms with Gasteiger partial charge in [0.05, 0.1) is 12.2 Å². The minimum atomic E-state index is -0.331. The van der Waals surface area contributed by atoms with E-state index in [-0.39, 0.29) is 23.0 Å². The second-order valence-corrected chi connectivity index (χ2v) is 13.7. The van der Waals surface area contributed by atoms with Gasteiger partial charge in [-0.3, -0.25) is 0 Å². The summed E-state index contributed by atoms with van der Waals surface area (Å²) in [6, 6.07) is 0. The summed E-state index contributed by atoms with van der Waals surface area (Å²) in [6.45, 7) is 21.6. The molecule has 0 amide bonds. The predicted molar refractivity (Wildman–Crippen MR) is 184 cm³/mol. The number of rotatable bonds is 10. The van der Waals surface area contributed by atoms with Crippen LogP contribution >= 0.6 is 0 Å². The summed E-state index contributed by atoms with van der Waals surface area (Å²) >= 11 is 0. The molecule has 0 aromatic rings. The first kappa shape index (κ1) is 35.3. The molecule has 2 aliphatic rings. The molecular formula is C40H56O2. The van der Waals surface area contributed by atoms with Crippen LogP contribution in [0.4, 0.5) is 0 Å². The first-order valence-electron chi connectivity index (χ1n) is 15.4. The molecule has 2 nitrogen and oxygen atoms in total. The van der Waals surface area contributed by atoms with Crippen molar-refractivity contribution >= 4 is 0 Å². The quantitative estimate of drug-likeness (QED) is 0.203. The normalized spacial score (nSPS) is 26.6. The number of allylic oxidation sites excluding steroid dienone is 20. The predicted octanol–water partition coefficient (Wildman–Crippen LogP) is 10.4. The van der Waals surface area contributed by atoms with Crippen LogP contribution in [0, 0.1) is 16.7 Å². The number of aliphatic hydroxyl groups is 2. The average Bonchev–Trinajstić information content (AvgIpc) is 2.84. The van der Waals surface area contributed by atoms with Crippen LogP contribution < -0.4 is 0 Å². The molecule has 0 aromatic carbocycles. The Balaban J connectivity index is 1.90. The zero-order valence-electron chi connectivity index (χ0n) is 27.9. The van der Waals surface area contributed by atoms with Gasteiger partial charge < -0.3 is 10.2 Å². The molecule has 0 heterocycles. The summed E-state index contributed by atoms with van der Waals surface area (Å²) in [5.74, 6) is 0.348. The lowest BCUT2D eigenvalue weighted by molar-refractivity contribution is 0.116. The first-order chi connectivity index (χ1) is 19.6. The monoisotopic (exact) mass is 568 g/mol. The molecule has 2 N–H and O–H groups in total. The summed E-state index contributed by atoms with van der Waals surface area (Å²) in [4.78, 5) is 0. The lowest BCUT2D eigenvalue weighted by Gasteiger charge is -2.38. The highest BCUT2D eigenvalue weighted by molar-refractivity contribution is 5.38. The molecule has 2 aliphatic carbocycles. The van der Waals surface area contributed by atoms with Gasteiger partial charge >= 0.3 is 0 Å². The van der Waals surface area contributed by atoms with Gasteiger partial charge in [0, 0.05) is 5.92 Å². The molecule has 0 unspecified atom stereocenters. The van der Waals surface area contributed by atoms with E-state index in [1.165, 1.54) is 39.0 Å². The van der Waals surface area contributed by atoms with Gasteiger partial charge in [0.25, 0.3) is 0 Å². The van der Waals surface area contributed by atoms with Crippen molar-refractivity contribution in [2.24, 2.45) is 16.7 Å². The van der Waals surface area contributed by atoms with Crippen LogP contribution in [0.1, 0.15) is 88.5 Å². The van der Waals surface area contributed by atoms with Crippen LogP contribution in [0.15, 0.2) is 130 Å². The highest BCUT2D eigenvalue weighted by Crippen LogP contribution is 2.42. The van der Waals surface area contributed by atoms with E-state index >= 15 is 0 Å². The fourth-order valence-electron chi connectivity index (χ4n) is 6.14. The maximum Gasteiger partial charge on any atom is 0.0729 e. The summed E-state index contributed by atoms with van der Waals surface area (Å²) in [6.07, 6.45) is 33.8. The van der Waals surface area contributed by atoms with E-state index in [0.717, 1.165) is 19.3 Å². The van der Waals surface area contributed by atoms with E-state index < -0.39 is 0 Å². The SMILES string of the molecule is CC1=C[C@H](O)CC(C)(C)[C@@H]1/C=C/C(C)=C\C=C\C(C)=C\C=C\C=C(C)\C=C\C=C(C)\C=C\C1=C(C)C[C@@H](O)CC1(C)C. The molecule has 0 bridgehead atoms. The molecule has 0 saturated heterocycles. The van der Waals surface area contributed by atoms with Crippen molar-refractivity contribution in [1.29, 1.82) is 0 Å². The zero-order chi connectivity index (χ0) is 31.5. The summed E-state index contributed by atoms with van der Waals surface area (Å²) < 4.78 is 0. The summed E-state index contributed by atoms with van der Waals surface area (Å²) in [5.41, 5.74) is 8.73. The second-order valence-electron chi connectivity index (χ2n) is 13.7. The zero-order valence-corrected chi connectivity index (χ0v) is 27.9. The van der Waals surface area contributed by atoms with Crippen molar-refractivity contribution in [2.75, 3.05) is 0 Å². The summed E-state index contributed by atoms with van der Waals surface area (Å²) in [5, 5.41) is 20.2. The van der Waals surface area contributed by atoms with Gasteiger partial charge in [-0.15, -0.1) is 0 Å². The van der Waals surface area contributed by atoms with Gasteiger partial charge in [-0.05, 0) is 77.2 Å². The van der Waals surface area contributed by atoms with Gasteiger partial charge in [0.1, 0.15) is 0 Å². The van der Waals surface area contributed by atoms with E-state index in [0.29, 0.717) is 5.92 Å². The Bertz CT molecular complexity index is 1270. The highest BCUT2D eigenvalue weighted by Gasteiger charge is 2.34. The molecule has 228 valence electrons. The van der Waals surface area contributed by atoms with Crippen LogP contribution in [0.5, 0.6) is 0 Å². The highest BCUT2D eigenvalue weighted by atomic mass is 16.3. The van der Waals surface area contributed by atoms with Gasteiger partial charge in [-0.25, -0.2) is 0 Å². The Kier molecular flexibility index (Phi) is 13.5. The smallest absolute Gasteiger partial charge is 0.0729 e. The lowest BCUT2D eigenvalue weighted by Crippen LogP contribution is -2.32. The fourth-order valence-corrected chi connectivity index (χ4v) is 6.14. The molecular weight excluding hydrogens is 512 g/mol. The summed E-state index contributed by atoms with van der Waals surface area (Å²) in [7, 11) is 0. The van der Waals surface area contributed by atoms with Crippen LogP contribution in [-0.4, -0.2) is 22.4 Å². The van der Waals surface area contributed by atoms with Gasteiger partial charge in [0.2, 0.25) is 0 Å². The van der Waals surface area contributed by atoms with E-state index in [1.807, 2.05) is 6.08 Å². The van der Waals surface area contributed by atoms with Gasteiger partial charge in [-0.1, -0.05) is 152 Å². The Labute approximate surface area is 257 Å². The topological polar surface area (TPSA) is 40.5 Å². The maximum atomic E-state index is 10.1. The van der Waals surface area contributed by atoms with E-state index in [2.05, 4.69) is 154 Å². The molecule has 0 radical (unpaired) electrons. The van der Waals surface area contributed by atoms with Crippen LogP contribution in [0.25, 0.3) is 0 Å². The molecule has 0 aliphatic heterocycles. The fraction of sp³-hybridized carbons (Fsp3) is 0.450. The number of hydrogen-bond donors (Lipinski definition) is 2. The molecule has 42 heavy (non-hydrogen) atoms. The first-order valence-corrected chi connectivity index (χ1v) is 15.4. The average molecular weight is 569 g/mol. The van der Waals surface area contributed by atoms with Gasteiger partial charge in [-0.2, -0.15) is 0 Å². The minimum absolute atomic E-state index is 0.00528. The van der Waals surface area contributed by atoms with Crippen molar-refractivity contribution in [1.82, 2.24) is 0 Å². The Hall–Kier alpha value is -2.94. The third-order valence-electron chi connectivity index (χ3n) is 8.33. The van der Waals surface area contributed by atoms with Crippen molar-refractivity contribution in [3.8, 4) is 0 Å². The lowest BCUT2D eigenvalue weighted by atomic mass is 9.67. The molecule has 0 spiro atoms. The third kappa shape index (κ3) is 11.7. The van der Waals surface area contributed by atoms with Crippen LogP contribution in [0.2, 0.25) is 0 Å². The van der Waals surface area contributed by atoms with Crippen molar-refractivity contribution in [3.63, 3.8) is 0 Å². The van der Waals surface area contributed by atoms with Crippen LogP contribution in [-0.2, 0) is 0 Å². The van der Waals surface area contributed by atoms with Crippen molar-refractivity contribution in [3.05, 3.63) is 130 Å². The molecule has 0 aromatic heterocycles. The van der Waals surface area contributed by atoms with Gasteiger partial charge in [0.15, 0.2) is 0 Å². The van der Waals surface area contributed by atoms with E-state index in [1.54, 1.807) is 0 Å². The Morgan fingerprint density at radius 2 is 1.21 bits per heavy atom. The standard InChI is InChI=1S/C40H56O2/c1-29(17-13-19-31(3)21-23-37-33(5)25-35(41)27-39(37,7)8)15-11-12-16-30(2)18-14-20-32(4)22-24-38-34(6)26-36(42)28-40(38,9)10/h11-25,35-37,41-42H,26-28H2,1-10H3/b12-11+,17-13+,18-14+,23-21+,24-22+,29-15+,30-16+,31-19-,32-20+/t35-,36+,37+/m0/s1. The second kappa shape index (κ2) is 16.1. The Morgan fingerprint density at radius 1 is 0.714 bits per heavy atom.